The number of carbonyl (C=O) groups is 1. The van der Waals surface area contributed by atoms with Crippen LogP contribution >= 0.6 is 0 Å². The topological polar surface area (TPSA) is 120 Å². The minimum absolute atomic E-state index is 0.0460. The van der Waals surface area contributed by atoms with Crippen molar-refractivity contribution in [2.24, 2.45) is 5.41 Å². The molecule has 2 aromatic rings. The number of benzene rings is 1. The lowest BCUT2D eigenvalue weighted by atomic mass is 10.1. The van der Waals surface area contributed by atoms with Gasteiger partial charge < -0.3 is 19.1 Å². The van der Waals surface area contributed by atoms with Crippen LogP contribution in [0.15, 0.2) is 6.07 Å². The maximum atomic E-state index is 15.1. The lowest BCUT2D eigenvalue weighted by Crippen LogP contribution is -2.57. The number of hydrogen-bond acceptors (Lipinski definition) is 10. The summed E-state index contributed by atoms with van der Waals surface area (Å²) < 4.78 is 74.6. The van der Waals surface area contributed by atoms with E-state index in [2.05, 4.69) is 9.97 Å². The van der Waals surface area contributed by atoms with Crippen molar-refractivity contribution in [3.63, 3.8) is 0 Å². The Labute approximate surface area is 231 Å². The van der Waals surface area contributed by atoms with Crippen LogP contribution in [0, 0.1) is 17.0 Å². The Morgan fingerprint density at radius 3 is 2.30 bits per heavy atom. The molecule has 14 heteroatoms. The quantitative estimate of drug-likeness (QED) is 0.425. The average Bonchev–Trinajstić information content (AvgIpc) is 3.58. The molecule has 0 N–H and O–H groups in total. The summed E-state index contributed by atoms with van der Waals surface area (Å²) in [7, 11) is -2.34. The summed E-state index contributed by atoms with van der Waals surface area (Å²) in [4.78, 5) is 25.4. The summed E-state index contributed by atoms with van der Waals surface area (Å²) in [5.41, 5.74) is -1.33. The number of fused-ring (bicyclic) bond motifs is 3. The van der Waals surface area contributed by atoms with E-state index in [1.807, 2.05) is 25.7 Å². The van der Waals surface area contributed by atoms with E-state index >= 15 is 4.39 Å². The van der Waals surface area contributed by atoms with Gasteiger partial charge in [0.05, 0.1) is 44.0 Å². The van der Waals surface area contributed by atoms with E-state index in [1.165, 1.54) is 7.11 Å². The number of nitrogens with zero attached hydrogens (tertiary/aromatic N) is 4. The van der Waals surface area contributed by atoms with Crippen LogP contribution in [0.3, 0.4) is 0 Å². The van der Waals surface area contributed by atoms with Gasteiger partial charge in [-0.3, -0.25) is 9.08 Å². The molecule has 2 bridgehead atoms. The van der Waals surface area contributed by atoms with Crippen molar-refractivity contribution in [2.75, 3.05) is 44.6 Å². The smallest absolute Gasteiger partial charge is 0.410 e. The zero-order valence-corrected chi connectivity index (χ0v) is 24.0. The monoisotopic (exact) mass is 584 g/mol. The zero-order valence-electron chi connectivity index (χ0n) is 23.2. The van der Waals surface area contributed by atoms with Gasteiger partial charge in [-0.25, -0.2) is 13.6 Å². The first-order valence-electron chi connectivity index (χ1n) is 13.2. The molecule has 0 radical (unpaired) electrons. The van der Waals surface area contributed by atoms with Crippen LogP contribution in [0.2, 0.25) is 0 Å². The molecule has 1 aromatic heterocycles. The Morgan fingerprint density at radius 2 is 1.75 bits per heavy atom. The summed E-state index contributed by atoms with van der Waals surface area (Å²) in [5.74, 6) is -1.76. The number of hydrogen-bond donors (Lipinski definition) is 0. The molecule has 2 saturated heterocycles. The highest BCUT2D eigenvalue weighted by atomic mass is 32.2. The molecule has 3 fully saturated rings. The molecule has 5 rings (SSSR count). The Kier molecular flexibility index (Phi) is 7.22. The second-order valence-electron chi connectivity index (χ2n) is 11.9. The molecular weight excluding hydrogens is 550 g/mol. The fourth-order valence-corrected chi connectivity index (χ4v) is 5.78. The highest BCUT2D eigenvalue weighted by Crippen LogP contribution is 2.47. The molecule has 40 heavy (non-hydrogen) atoms. The molecule has 2 unspecified atom stereocenters. The van der Waals surface area contributed by atoms with E-state index in [-0.39, 0.29) is 53.8 Å². The molecule has 1 saturated carbocycles. The predicted molar refractivity (Wildman–Crippen MR) is 141 cm³/mol. The Hall–Kier alpha value is -3.00. The van der Waals surface area contributed by atoms with Crippen LogP contribution in [-0.4, -0.2) is 86.7 Å². The lowest BCUT2D eigenvalue weighted by Gasteiger charge is -2.42. The molecule has 0 spiro atoms. The zero-order chi connectivity index (χ0) is 29.0. The van der Waals surface area contributed by atoms with E-state index in [0.29, 0.717) is 32.0 Å². The number of piperazine rings is 1. The predicted octanol–water partition coefficient (Wildman–Crippen LogP) is 3.64. The van der Waals surface area contributed by atoms with Crippen molar-refractivity contribution in [3.05, 3.63) is 17.7 Å². The van der Waals surface area contributed by atoms with Crippen molar-refractivity contribution in [1.82, 2.24) is 14.9 Å². The highest BCUT2D eigenvalue weighted by Gasteiger charge is 2.46. The van der Waals surface area contributed by atoms with E-state index in [0.717, 1.165) is 19.1 Å². The van der Waals surface area contributed by atoms with Gasteiger partial charge in [-0.2, -0.15) is 18.4 Å². The van der Waals surface area contributed by atoms with Gasteiger partial charge in [0.25, 0.3) is 10.1 Å². The molecule has 1 aliphatic carbocycles. The minimum Gasteiger partial charge on any atom is -0.493 e. The van der Waals surface area contributed by atoms with Crippen molar-refractivity contribution in [1.29, 1.82) is 0 Å². The molecule has 1 amide bonds. The number of anilines is 1. The summed E-state index contributed by atoms with van der Waals surface area (Å²) >= 11 is 0. The normalized spacial score (nSPS) is 22.0. The number of methoxy groups -OCH3 is 1. The lowest BCUT2D eigenvalue weighted by molar-refractivity contribution is 0.0122. The van der Waals surface area contributed by atoms with Gasteiger partial charge in [0, 0.05) is 24.6 Å². The largest absolute Gasteiger partial charge is 0.493 e. The number of aromatic nitrogens is 2. The number of halogens is 2. The SMILES string of the molecule is COc1c(F)cc(F)c2nc(OCC3(COS(C)(=O)=O)CC3)nc(N3CC4CCC(C3)N4C(=O)OC(C)(C)C)c12. The maximum Gasteiger partial charge on any atom is 0.410 e. The van der Waals surface area contributed by atoms with Crippen molar-refractivity contribution in [2.45, 2.75) is 64.1 Å². The van der Waals surface area contributed by atoms with Crippen molar-refractivity contribution in [3.8, 4) is 11.8 Å². The van der Waals surface area contributed by atoms with Gasteiger partial charge >= 0.3 is 12.1 Å². The molecule has 3 aliphatic rings. The van der Waals surface area contributed by atoms with Crippen LogP contribution in [0.5, 0.6) is 11.8 Å². The van der Waals surface area contributed by atoms with Crippen LogP contribution in [-0.2, 0) is 19.0 Å². The molecule has 3 heterocycles. The summed E-state index contributed by atoms with van der Waals surface area (Å²) in [5, 5.41) is 0.0685. The average molecular weight is 585 g/mol. The summed E-state index contributed by atoms with van der Waals surface area (Å²) in [6, 6.07) is 0.196. The number of rotatable bonds is 8. The van der Waals surface area contributed by atoms with Crippen LogP contribution in [0.4, 0.5) is 19.4 Å². The highest BCUT2D eigenvalue weighted by molar-refractivity contribution is 7.85. The van der Waals surface area contributed by atoms with Crippen LogP contribution in [0.25, 0.3) is 10.9 Å². The third-order valence-corrected chi connectivity index (χ3v) is 7.97. The Morgan fingerprint density at radius 1 is 1.10 bits per heavy atom. The van der Waals surface area contributed by atoms with Gasteiger partial charge in [-0.15, -0.1) is 0 Å². The molecule has 2 aliphatic heterocycles. The molecule has 2 atom stereocenters. The van der Waals surface area contributed by atoms with Crippen LogP contribution in [0.1, 0.15) is 46.5 Å². The van der Waals surface area contributed by atoms with Gasteiger partial charge in [0.1, 0.15) is 16.9 Å². The molecular formula is C26H34F2N4O7S. The van der Waals surface area contributed by atoms with Gasteiger partial charge in [-0.05, 0) is 46.5 Å². The standard InChI is InChI=1S/C26H34F2N4O7S/c1-25(2,3)39-24(33)32-15-6-7-16(32)12-31(11-15)22-19-20(17(27)10-18(28)21(19)36-4)29-23(30-22)37-13-26(8-9-26)14-38-40(5,34)35/h10,15-16H,6-9,11-14H2,1-5H3. The van der Waals surface area contributed by atoms with E-state index in [9.17, 15) is 17.6 Å². The number of ether oxygens (including phenoxy) is 3. The van der Waals surface area contributed by atoms with Crippen molar-refractivity contribution < 1.29 is 40.4 Å². The van der Waals surface area contributed by atoms with Crippen molar-refractivity contribution >= 4 is 32.9 Å². The van der Waals surface area contributed by atoms with E-state index in [4.69, 9.17) is 18.4 Å². The second-order valence-corrected chi connectivity index (χ2v) is 13.5. The van der Waals surface area contributed by atoms with Gasteiger partial charge in [0.15, 0.2) is 17.4 Å². The van der Waals surface area contributed by atoms with E-state index < -0.39 is 38.9 Å². The first-order chi connectivity index (χ1) is 18.7. The molecule has 220 valence electrons. The minimum atomic E-state index is -3.62. The van der Waals surface area contributed by atoms with Gasteiger partial charge in [0.2, 0.25) is 0 Å². The summed E-state index contributed by atoms with van der Waals surface area (Å²) in [6.07, 6.45) is 3.45. The number of amides is 1. The maximum absolute atomic E-state index is 15.1. The van der Waals surface area contributed by atoms with Crippen LogP contribution < -0.4 is 14.4 Å². The molecule has 1 aromatic carbocycles. The first-order valence-corrected chi connectivity index (χ1v) is 15.0. The summed E-state index contributed by atoms with van der Waals surface area (Å²) in [6.45, 7) is 6.16. The number of carbonyl (C=O) groups excluding carboxylic acids is 1. The second kappa shape index (κ2) is 10.1. The first kappa shape index (κ1) is 28.5. The third-order valence-electron chi connectivity index (χ3n) is 7.43. The third kappa shape index (κ3) is 5.87. The van der Waals surface area contributed by atoms with E-state index in [1.54, 1.807) is 4.90 Å². The van der Waals surface area contributed by atoms with Gasteiger partial charge in [-0.1, -0.05) is 0 Å². The Balaban J connectivity index is 1.47. The fraction of sp³-hybridized carbons (Fsp3) is 0.654. The Bertz CT molecular complexity index is 1410. The fourth-order valence-electron chi connectivity index (χ4n) is 5.31. The molecule has 11 nitrogen and oxygen atoms in total.